The zero-order chi connectivity index (χ0) is 19.5. The van der Waals surface area contributed by atoms with Crippen molar-refractivity contribution in [2.75, 3.05) is 13.1 Å². The lowest BCUT2D eigenvalue weighted by molar-refractivity contribution is 0.0691. The minimum atomic E-state index is -0.0925. The molecule has 6 nitrogen and oxygen atoms in total. The summed E-state index contributed by atoms with van der Waals surface area (Å²) in [4.78, 5) is 27.4. The summed E-state index contributed by atoms with van der Waals surface area (Å²) in [6, 6.07) is 7.70. The molecular weight excluding hydrogens is 376 g/mol. The summed E-state index contributed by atoms with van der Waals surface area (Å²) in [6.07, 6.45) is 7.45. The number of aryl methyl sites for hydroxylation is 1. The molecule has 2 aromatic heterocycles. The van der Waals surface area contributed by atoms with Gasteiger partial charge in [0, 0.05) is 30.7 Å². The first-order valence-corrected chi connectivity index (χ1v) is 9.73. The van der Waals surface area contributed by atoms with Gasteiger partial charge in [0.25, 0.3) is 5.91 Å². The lowest BCUT2D eigenvalue weighted by Crippen LogP contribution is -2.39. The van der Waals surface area contributed by atoms with Crippen LogP contribution in [0.1, 0.15) is 52.2 Å². The maximum absolute atomic E-state index is 12.7. The first-order chi connectivity index (χ1) is 13.6. The monoisotopic (exact) mass is 396 g/mol. The standard InChI is InChI=1S/C21H21ClN4O2/c1-14-10-24-19(12-23-14)21(27)26-8-2-3-16(13-26)20-25-11-18(28-20)9-15-4-6-17(22)7-5-15/h4-7,10-12,16H,2-3,8-9,13H2,1H3/t16-/m0/s1. The second-order valence-electron chi connectivity index (χ2n) is 7.10. The maximum atomic E-state index is 12.7. The van der Waals surface area contributed by atoms with E-state index in [1.807, 2.05) is 36.1 Å². The van der Waals surface area contributed by atoms with E-state index in [1.54, 1.807) is 12.4 Å². The molecule has 3 heterocycles. The van der Waals surface area contributed by atoms with E-state index in [0.717, 1.165) is 29.9 Å². The predicted molar refractivity (Wildman–Crippen MR) is 105 cm³/mol. The summed E-state index contributed by atoms with van der Waals surface area (Å²) < 4.78 is 6.00. The molecule has 1 saturated heterocycles. The van der Waals surface area contributed by atoms with Gasteiger partial charge in [0.15, 0.2) is 5.89 Å². The fourth-order valence-corrected chi connectivity index (χ4v) is 3.55. The predicted octanol–water partition coefficient (Wildman–Crippen LogP) is 4.04. The van der Waals surface area contributed by atoms with Crippen LogP contribution in [0.4, 0.5) is 0 Å². The van der Waals surface area contributed by atoms with Gasteiger partial charge in [-0.3, -0.25) is 9.78 Å². The van der Waals surface area contributed by atoms with E-state index in [2.05, 4.69) is 15.0 Å². The number of rotatable bonds is 4. The Hall–Kier alpha value is -2.73. The Labute approximate surface area is 168 Å². The quantitative estimate of drug-likeness (QED) is 0.665. The summed E-state index contributed by atoms with van der Waals surface area (Å²) >= 11 is 5.94. The van der Waals surface area contributed by atoms with Crippen LogP contribution in [0.3, 0.4) is 0 Å². The van der Waals surface area contributed by atoms with E-state index in [0.29, 0.717) is 36.1 Å². The molecule has 1 amide bonds. The molecule has 3 aromatic rings. The number of likely N-dealkylation sites (tertiary alicyclic amines) is 1. The highest BCUT2D eigenvalue weighted by molar-refractivity contribution is 6.30. The number of aromatic nitrogens is 3. The van der Waals surface area contributed by atoms with Crippen molar-refractivity contribution in [2.45, 2.75) is 32.1 Å². The van der Waals surface area contributed by atoms with Gasteiger partial charge in [-0.2, -0.15) is 0 Å². The SMILES string of the molecule is Cc1cnc(C(=O)N2CCC[C@H](c3ncc(Cc4ccc(Cl)cc4)o3)C2)cn1. The van der Waals surface area contributed by atoms with Crippen LogP contribution in [-0.2, 0) is 6.42 Å². The van der Waals surface area contributed by atoms with Crippen LogP contribution >= 0.6 is 11.6 Å². The van der Waals surface area contributed by atoms with E-state index in [1.165, 1.54) is 6.20 Å². The number of piperidine rings is 1. The number of carbonyl (C=O) groups is 1. The number of hydrogen-bond acceptors (Lipinski definition) is 5. The van der Waals surface area contributed by atoms with Crippen molar-refractivity contribution in [3.8, 4) is 0 Å². The largest absolute Gasteiger partial charge is 0.445 e. The smallest absolute Gasteiger partial charge is 0.274 e. The lowest BCUT2D eigenvalue weighted by Gasteiger charge is -2.31. The van der Waals surface area contributed by atoms with Crippen LogP contribution in [0.2, 0.25) is 5.02 Å². The minimum Gasteiger partial charge on any atom is -0.445 e. The van der Waals surface area contributed by atoms with Crippen LogP contribution in [0.25, 0.3) is 0 Å². The highest BCUT2D eigenvalue weighted by atomic mass is 35.5. The summed E-state index contributed by atoms with van der Waals surface area (Å²) in [6.45, 7) is 3.14. The second kappa shape index (κ2) is 8.10. The number of amides is 1. The molecule has 7 heteroatoms. The van der Waals surface area contributed by atoms with Crippen molar-refractivity contribution in [3.05, 3.63) is 76.5 Å². The molecule has 0 radical (unpaired) electrons. The molecule has 1 atom stereocenters. The summed E-state index contributed by atoms with van der Waals surface area (Å²) in [5.74, 6) is 1.50. The molecule has 0 aliphatic carbocycles. The Morgan fingerprint density at radius 2 is 2.00 bits per heavy atom. The van der Waals surface area contributed by atoms with E-state index < -0.39 is 0 Å². The highest BCUT2D eigenvalue weighted by Crippen LogP contribution is 2.28. The van der Waals surface area contributed by atoms with Crippen LogP contribution in [0.5, 0.6) is 0 Å². The summed E-state index contributed by atoms with van der Waals surface area (Å²) in [5.41, 5.74) is 2.29. The minimum absolute atomic E-state index is 0.0925. The third-order valence-electron chi connectivity index (χ3n) is 4.92. The van der Waals surface area contributed by atoms with Crippen molar-refractivity contribution in [3.63, 3.8) is 0 Å². The number of benzene rings is 1. The average molecular weight is 397 g/mol. The van der Waals surface area contributed by atoms with E-state index in [-0.39, 0.29) is 11.8 Å². The van der Waals surface area contributed by atoms with Gasteiger partial charge in [-0.25, -0.2) is 9.97 Å². The van der Waals surface area contributed by atoms with Gasteiger partial charge in [-0.05, 0) is 37.5 Å². The molecule has 4 rings (SSSR count). The van der Waals surface area contributed by atoms with Crippen LogP contribution in [-0.4, -0.2) is 38.8 Å². The Morgan fingerprint density at radius 3 is 2.75 bits per heavy atom. The summed E-state index contributed by atoms with van der Waals surface area (Å²) in [7, 11) is 0. The molecule has 0 N–H and O–H groups in total. The second-order valence-corrected chi connectivity index (χ2v) is 7.54. The van der Waals surface area contributed by atoms with Crippen LogP contribution < -0.4 is 0 Å². The molecule has 0 saturated carbocycles. The highest BCUT2D eigenvalue weighted by Gasteiger charge is 2.29. The number of carbonyl (C=O) groups excluding carboxylic acids is 1. The molecule has 1 fully saturated rings. The average Bonchev–Trinajstić information content (AvgIpc) is 3.18. The van der Waals surface area contributed by atoms with E-state index in [4.69, 9.17) is 16.0 Å². The molecule has 0 spiro atoms. The van der Waals surface area contributed by atoms with Gasteiger partial charge in [-0.15, -0.1) is 0 Å². The molecule has 1 aliphatic rings. The number of oxazole rings is 1. The molecule has 144 valence electrons. The van der Waals surface area contributed by atoms with Crippen molar-refractivity contribution in [2.24, 2.45) is 0 Å². The number of halogens is 1. The van der Waals surface area contributed by atoms with Crippen molar-refractivity contribution >= 4 is 17.5 Å². The third-order valence-corrected chi connectivity index (χ3v) is 5.17. The first-order valence-electron chi connectivity index (χ1n) is 9.35. The Balaban J connectivity index is 1.43. The van der Waals surface area contributed by atoms with Gasteiger partial charge < -0.3 is 9.32 Å². The van der Waals surface area contributed by atoms with Gasteiger partial charge >= 0.3 is 0 Å². The van der Waals surface area contributed by atoms with Gasteiger partial charge in [0.1, 0.15) is 11.5 Å². The maximum Gasteiger partial charge on any atom is 0.274 e. The number of hydrogen-bond donors (Lipinski definition) is 0. The number of nitrogens with zero attached hydrogens (tertiary/aromatic N) is 4. The van der Waals surface area contributed by atoms with E-state index >= 15 is 0 Å². The topological polar surface area (TPSA) is 72.1 Å². The molecule has 28 heavy (non-hydrogen) atoms. The molecule has 0 bridgehead atoms. The Bertz CT molecular complexity index is 953. The fourth-order valence-electron chi connectivity index (χ4n) is 3.42. The first kappa shape index (κ1) is 18.6. The Kier molecular flexibility index (Phi) is 5.39. The van der Waals surface area contributed by atoms with E-state index in [9.17, 15) is 4.79 Å². The normalized spacial score (nSPS) is 16.9. The summed E-state index contributed by atoms with van der Waals surface area (Å²) in [5, 5.41) is 0.715. The molecular formula is C21H21ClN4O2. The molecule has 1 aromatic carbocycles. The van der Waals surface area contributed by atoms with Crippen LogP contribution in [0, 0.1) is 6.92 Å². The van der Waals surface area contributed by atoms with Crippen molar-refractivity contribution in [1.82, 2.24) is 19.9 Å². The van der Waals surface area contributed by atoms with Gasteiger partial charge in [0.2, 0.25) is 0 Å². The third kappa shape index (κ3) is 4.22. The van der Waals surface area contributed by atoms with Crippen molar-refractivity contribution in [1.29, 1.82) is 0 Å². The van der Waals surface area contributed by atoms with Gasteiger partial charge in [0.05, 0.1) is 24.0 Å². The zero-order valence-corrected chi connectivity index (χ0v) is 16.4. The Morgan fingerprint density at radius 1 is 1.18 bits per heavy atom. The molecule has 0 unspecified atom stereocenters. The lowest BCUT2D eigenvalue weighted by atomic mass is 9.98. The van der Waals surface area contributed by atoms with Gasteiger partial charge in [-0.1, -0.05) is 23.7 Å². The fraction of sp³-hybridized carbons (Fsp3) is 0.333. The van der Waals surface area contributed by atoms with Crippen molar-refractivity contribution < 1.29 is 9.21 Å². The van der Waals surface area contributed by atoms with Crippen LogP contribution in [0.15, 0.2) is 47.3 Å². The molecule has 1 aliphatic heterocycles. The zero-order valence-electron chi connectivity index (χ0n) is 15.6.